The number of rotatable bonds is 5. The zero-order valence-corrected chi connectivity index (χ0v) is 29.6. The molecule has 0 bridgehead atoms. The van der Waals surface area contributed by atoms with Gasteiger partial charge in [0.15, 0.2) is 17.5 Å². The van der Waals surface area contributed by atoms with E-state index < -0.39 is 0 Å². The monoisotopic (exact) mass is 701 g/mol. The maximum absolute atomic E-state index is 6.99. The van der Waals surface area contributed by atoms with E-state index in [1.807, 2.05) is 30.3 Å². The first-order chi connectivity index (χ1) is 27.2. The van der Waals surface area contributed by atoms with Crippen molar-refractivity contribution >= 4 is 54.3 Å². The van der Waals surface area contributed by atoms with E-state index >= 15 is 0 Å². The summed E-state index contributed by atoms with van der Waals surface area (Å²) < 4.78 is 6.99. The zero-order valence-electron chi connectivity index (χ0n) is 29.6. The van der Waals surface area contributed by atoms with Gasteiger partial charge >= 0.3 is 0 Å². The molecule has 11 aromatic rings. The molecular formula is C51H31N3O. The van der Waals surface area contributed by atoms with Crippen LogP contribution in [0.3, 0.4) is 0 Å². The van der Waals surface area contributed by atoms with Crippen LogP contribution in [0, 0.1) is 0 Å². The number of hydrogen-bond donors (Lipinski definition) is 0. The molecular weight excluding hydrogens is 671 g/mol. The SMILES string of the molecule is c1ccc(-c2nc(-c3ccc(-c4cccc5c4oc4c(-c6ccc7ccccc7c6)c6ccccc6cc45)cc3)nc(-c3ccc4ccccc4c3)n2)cc1. The van der Waals surface area contributed by atoms with Crippen LogP contribution in [0.4, 0.5) is 0 Å². The Morgan fingerprint density at radius 2 is 0.800 bits per heavy atom. The highest BCUT2D eigenvalue weighted by Crippen LogP contribution is 2.44. The molecule has 0 unspecified atom stereocenters. The molecule has 0 N–H and O–H groups in total. The fourth-order valence-corrected chi connectivity index (χ4v) is 7.93. The number of fused-ring (bicyclic) bond motifs is 6. The maximum Gasteiger partial charge on any atom is 0.164 e. The first kappa shape index (κ1) is 31.1. The molecule has 0 aliphatic carbocycles. The van der Waals surface area contributed by atoms with Gasteiger partial charge in [-0.05, 0) is 61.6 Å². The van der Waals surface area contributed by atoms with Crippen molar-refractivity contribution < 1.29 is 4.42 Å². The van der Waals surface area contributed by atoms with Crippen LogP contribution >= 0.6 is 0 Å². The molecule has 0 aliphatic rings. The first-order valence-corrected chi connectivity index (χ1v) is 18.5. The van der Waals surface area contributed by atoms with E-state index in [2.05, 4.69) is 158 Å². The molecule has 0 fully saturated rings. The minimum atomic E-state index is 0.622. The number of nitrogens with zero attached hydrogens (tertiary/aromatic N) is 3. The fourth-order valence-electron chi connectivity index (χ4n) is 7.93. The molecule has 2 heterocycles. The Morgan fingerprint density at radius 3 is 1.51 bits per heavy atom. The van der Waals surface area contributed by atoms with Crippen molar-refractivity contribution in [3.05, 3.63) is 188 Å². The number of para-hydroxylation sites is 1. The molecule has 0 aliphatic heterocycles. The van der Waals surface area contributed by atoms with Gasteiger partial charge in [0.25, 0.3) is 0 Å². The third-order valence-corrected chi connectivity index (χ3v) is 10.7. The zero-order chi connectivity index (χ0) is 36.3. The molecule has 55 heavy (non-hydrogen) atoms. The molecule has 0 atom stereocenters. The van der Waals surface area contributed by atoms with Crippen molar-refractivity contribution in [1.29, 1.82) is 0 Å². The summed E-state index contributed by atoms with van der Waals surface area (Å²) in [4.78, 5) is 15.0. The summed E-state index contributed by atoms with van der Waals surface area (Å²) in [6, 6.07) is 65.8. The summed E-state index contributed by atoms with van der Waals surface area (Å²) in [6.45, 7) is 0. The van der Waals surface area contributed by atoms with Crippen LogP contribution in [0.15, 0.2) is 192 Å². The Hall–Kier alpha value is -7.43. The van der Waals surface area contributed by atoms with Crippen LogP contribution in [0.1, 0.15) is 0 Å². The highest BCUT2D eigenvalue weighted by Gasteiger charge is 2.19. The van der Waals surface area contributed by atoms with Crippen molar-refractivity contribution in [2.75, 3.05) is 0 Å². The second kappa shape index (κ2) is 12.6. The lowest BCUT2D eigenvalue weighted by atomic mass is 9.93. The molecule has 256 valence electrons. The van der Waals surface area contributed by atoms with Gasteiger partial charge in [0.2, 0.25) is 0 Å². The smallest absolute Gasteiger partial charge is 0.164 e. The largest absolute Gasteiger partial charge is 0.455 e. The summed E-state index contributed by atoms with van der Waals surface area (Å²) in [7, 11) is 0. The van der Waals surface area contributed by atoms with Crippen LogP contribution in [0.5, 0.6) is 0 Å². The van der Waals surface area contributed by atoms with E-state index in [0.717, 1.165) is 66.3 Å². The Bertz CT molecular complexity index is 3260. The number of benzene rings is 9. The topological polar surface area (TPSA) is 51.8 Å². The highest BCUT2D eigenvalue weighted by atomic mass is 16.3. The highest BCUT2D eigenvalue weighted by molar-refractivity contribution is 6.20. The molecule has 0 radical (unpaired) electrons. The molecule has 0 amide bonds. The van der Waals surface area contributed by atoms with Crippen molar-refractivity contribution in [2.45, 2.75) is 0 Å². The molecule has 11 rings (SSSR count). The molecule has 0 spiro atoms. The molecule has 0 saturated carbocycles. The summed E-state index contributed by atoms with van der Waals surface area (Å²) in [5.41, 5.74) is 8.90. The number of hydrogen-bond acceptors (Lipinski definition) is 4. The van der Waals surface area contributed by atoms with Crippen molar-refractivity contribution in [3.63, 3.8) is 0 Å². The van der Waals surface area contributed by atoms with Crippen molar-refractivity contribution in [3.8, 4) is 56.4 Å². The van der Waals surface area contributed by atoms with Gasteiger partial charge < -0.3 is 4.42 Å². The first-order valence-electron chi connectivity index (χ1n) is 18.5. The number of aromatic nitrogens is 3. The quantitative estimate of drug-likeness (QED) is 0.179. The lowest BCUT2D eigenvalue weighted by molar-refractivity contribution is 0.671. The Labute approximate surface area is 317 Å². The fraction of sp³-hybridized carbons (Fsp3) is 0. The van der Waals surface area contributed by atoms with Gasteiger partial charge in [0, 0.05) is 38.6 Å². The van der Waals surface area contributed by atoms with Crippen LogP contribution in [0.25, 0.3) is 111 Å². The van der Waals surface area contributed by atoms with Crippen LogP contribution in [-0.2, 0) is 0 Å². The molecule has 4 heteroatoms. The Kier molecular flexibility index (Phi) is 7.14. The number of furan rings is 1. The Balaban J connectivity index is 1.04. The van der Waals surface area contributed by atoms with E-state index in [1.54, 1.807) is 0 Å². The van der Waals surface area contributed by atoms with Gasteiger partial charge in [-0.25, -0.2) is 15.0 Å². The minimum Gasteiger partial charge on any atom is -0.455 e. The van der Waals surface area contributed by atoms with E-state index in [4.69, 9.17) is 19.4 Å². The van der Waals surface area contributed by atoms with Gasteiger partial charge in [-0.3, -0.25) is 0 Å². The predicted octanol–water partition coefficient (Wildman–Crippen LogP) is 13.6. The summed E-state index contributed by atoms with van der Waals surface area (Å²) in [5.74, 6) is 1.90. The Morgan fingerprint density at radius 1 is 0.291 bits per heavy atom. The second-order valence-electron chi connectivity index (χ2n) is 14.0. The third-order valence-electron chi connectivity index (χ3n) is 10.7. The summed E-state index contributed by atoms with van der Waals surface area (Å²) in [5, 5.41) is 9.30. The lowest BCUT2D eigenvalue weighted by Crippen LogP contribution is -2.00. The van der Waals surface area contributed by atoms with Crippen LogP contribution in [-0.4, -0.2) is 15.0 Å². The average Bonchev–Trinajstić information content (AvgIpc) is 3.63. The molecule has 9 aromatic carbocycles. The molecule has 2 aromatic heterocycles. The van der Waals surface area contributed by atoms with Gasteiger partial charge in [0.05, 0.1) is 0 Å². The maximum atomic E-state index is 6.99. The van der Waals surface area contributed by atoms with Crippen LogP contribution in [0.2, 0.25) is 0 Å². The predicted molar refractivity (Wildman–Crippen MR) is 227 cm³/mol. The van der Waals surface area contributed by atoms with Gasteiger partial charge in [-0.15, -0.1) is 0 Å². The summed E-state index contributed by atoms with van der Waals surface area (Å²) in [6.07, 6.45) is 0. The second-order valence-corrected chi connectivity index (χ2v) is 14.0. The van der Waals surface area contributed by atoms with Gasteiger partial charge in [0.1, 0.15) is 11.2 Å². The van der Waals surface area contributed by atoms with Crippen LogP contribution < -0.4 is 0 Å². The van der Waals surface area contributed by atoms with Crippen molar-refractivity contribution in [1.82, 2.24) is 15.0 Å². The third kappa shape index (κ3) is 5.34. The van der Waals surface area contributed by atoms with E-state index in [-0.39, 0.29) is 0 Å². The summed E-state index contributed by atoms with van der Waals surface area (Å²) >= 11 is 0. The van der Waals surface area contributed by atoms with Gasteiger partial charge in [-0.2, -0.15) is 0 Å². The van der Waals surface area contributed by atoms with E-state index in [1.165, 1.54) is 26.9 Å². The van der Waals surface area contributed by atoms with E-state index in [0.29, 0.717) is 17.5 Å². The molecule has 0 saturated heterocycles. The normalized spacial score (nSPS) is 11.6. The van der Waals surface area contributed by atoms with Gasteiger partial charge in [-0.1, -0.05) is 170 Å². The van der Waals surface area contributed by atoms with Crippen molar-refractivity contribution in [2.24, 2.45) is 0 Å². The minimum absolute atomic E-state index is 0.622. The van der Waals surface area contributed by atoms with E-state index in [9.17, 15) is 0 Å². The molecule has 4 nitrogen and oxygen atoms in total. The lowest BCUT2D eigenvalue weighted by Gasteiger charge is -2.10. The standard InChI is InChI=1S/C51H31N3O/c1-2-13-35(14-3-1)49-52-50(54-51(53-49)41-28-22-33-12-5-7-16-38(33)30-41)36-25-23-34(24-26-36)43-19-10-20-44-45-31-39-17-8-9-18-42(39)46(48(45)55-47(43)44)40-27-21-32-11-4-6-15-37(32)29-40/h1-31H. The average molecular weight is 702 g/mol.